The van der Waals surface area contributed by atoms with Crippen LogP contribution in [0.5, 0.6) is 0 Å². The van der Waals surface area contributed by atoms with Crippen molar-refractivity contribution in [2.24, 2.45) is 5.92 Å². The zero-order valence-electron chi connectivity index (χ0n) is 13.3. The Morgan fingerprint density at radius 1 is 1.41 bits per heavy atom. The molecular formula is C18H24N2OS. The van der Waals surface area contributed by atoms with Crippen molar-refractivity contribution in [3.63, 3.8) is 0 Å². The third kappa shape index (κ3) is 3.57. The molecule has 0 amide bonds. The standard InChI is InChI=1S/C18H24N2OS/c1-12-7-8-15-17(9-12)22-18(20-15)11-19-10-16(21)14-6-4-3-5-13(14)2/h3-6,12,16,19,21H,7-11H2,1-2H3. The Labute approximate surface area is 136 Å². The lowest BCUT2D eigenvalue weighted by Crippen LogP contribution is -2.21. The summed E-state index contributed by atoms with van der Waals surface area (Å²) in [7, 11) is 0. The maximum atomic E-state index is 10.3. The van der Waals surface area contributed by atoms with Crippen molar-refractivity contribution in [1.29, 1.82) is 0 Å². The number of hydrogen-bond donors (Lipinski definition) is 2. The van der Waals surface area contributed by atoms with Gasteiger partial charge in [-0.1, -0.05) is 31.2 Å². The van der Waals surface area contributed by atoms with E-state index in [0.29, 0.717) is 6.54 Å². The highest BCUT2D eigenvalue weighted by Crippen LogP contribution is 2.29. The summed E-state index contributed by atoms with van der Waals surface area (Å²) in [5.41, 5.74) is 3.44. The van der Waals surface area contributed by atoms with Crippen LogP contribution in [0.25, 0.3) is 0 Å². The van der Waals surface area contributed by atoms with Gasteiger partial charge in [-0.3, -0.25) is 0 Å². The van der Waals surface area contributed by atoms with E-state index in [9.17, 15) is 5.11 Å². The Kier molecular flexibility index (Phi) is 4.91. The minimum absolute atomic E-state index is 0.462. The second-order valence-electron chi connectivity index (χ2n) is 6.33. The van der Waals surface area contributed by atoms with Gasteiger partial charge in [0.25, 0.3) is 0 Å². The van der Waals surface area contributed by atoms with E-state index in [1.807, 2.05) is 42.5 Å². The average molecular weight is 316 g/mol. The maximum Gasteiger partial charge on any atom is 0.107 e. The van der Waals surface area contributed by atoms with Gasteiger partial charge < -0.3 is 10.4 Å². The molecule has 0 spiro atoms. The predicted octanol–water partition coefficient (Wildman–Crippen LogP) is 3.40. The van der Waals surface area contributed by atoms with Crippen molar-refractivity contribution in [3.8, 4) is 0 Å². The second kappa shape index (κ2) is 6.90. The number of nitrogens with one attached hydrogen (secondary N) is 1. The Morgan fingerprint density at radius 2 is 2.23 bits per heavy atom. The Balaban J connectivity index is 1.54. The van der Waals surface area contributed by atoms with Crippen LogP contribution in [0, 0.1) is 12.8 Å². The fourth-order valence-electron chi connectivity index (χ4n) is 3.06. The van der Waals surface area contributed by atoms with Gasteiger partial charge in [0, 0.05) is 18.0 Å². The molecule has 1 aromatic carbocycles. The first-order valence-corrected chi connectivity index (χ1v) is 8.87. The molecule has 1 aromatic heterocycles. The Hall–Kier alpha value is -1.23. The van der Waals surface area contributed by atoms with Crippen LogP contribution >= 0.6 is 11.3 Å². The highest BCUT2D eigenvalue weighted by Gasteiger charge is 2.19. The van der Waals surface area contributed by atoms with E-state index in [1.165, 1.54) is 23.4 Å². The molecule has 2 atom stereocenters. The average Bonchev–Trinajstić information content (AvgIpc) is 2.89. The zero-order chi connectivity index (χ0) is 15.5. The van der Waals surface area contributed by atoms with Crippen LogP contribution in [-0.4, -0.2) is 16.6 Å². The summed E-state index contributed by atoms with van der Waals surface area (Å²) >= 11 is 1.83. The van der Waals surface area contributed by atoms with Crippen LogP contribution in [0.4, 0.5) is 0 Å². The molecule has 2 N–H and O–H groups in total. The third-order valence-corrected chi connectivity index (χ3v) is 5.51. The molecule has 0 saturated carbocycles. The molecule has 0 aliphatic heterocycles. The van der Waals surface area contributed by atoms with Crippen molar-refractivity contribution in [3.05, 3.63) is 51.0 Å². The minimum Gasteiger partial charge on any atom is -0.387 e. The molecule has 3 nitrogen and oxygen atoms in total. The highest BCUT2D eigenvalue weighted by atomic mass is 32.1. The van der Waals surface area contributed by atoms with Crippen molar-refractivity contribution >= 4 is 11.3 Å². The van der Waals surface area contributed by atoms with Crippen molar-refractivity contribution in [2.75, 3.05) is 6.54 Å². The number of aliphatic hydroxyl groups excluding tert-OH is 1. The molecule has 0 radical (unpaired) electrons. The fraction of sp³-hybridized carbons (Fsp3) is 0.500. The fourth-order valence-corrected chi connectivity index (χ4v) is 4.30. The molecule has 1 aliphatic carbocycles. The van der Waals surface area contributed by atoms with Gasteiger partial charge >= 0.3 is 0 Å². The first-order chi connectivity index (χ1) is 10.6. The summed E-state index contributed by atoms with van der Waals surface area (Å²) in [5, 5.41) is 14.8. The second-order valence-corrected chi connectivity index (χ2v) is 7.50. The summed E-state index contributed by atoms with van der Waals surface area (Å²) in [6.45, 7) is 5.66. The van der Waals surface area contributed by atoms with Gasteiger partial charge in [-0.2, -0.15) is 0 Å². The number of thiazole rings is 1. The van der Waals surface area contributed by atoms with Gasteiger partial charge in [0.05, 0.1) is 11.8 Å². The van der Waals surface area contributed by atoms with Crippen LogP contribution in [0.1, 0.15) is 46.2 Å². The molecule has 2 aromatic rings. The van der Waals surface area contributed by atoms with Crippen molar-refractivity contribution in [2.45, 2.75) is 45.8 Å². The summed E-state index contributed by atoms with van der Waals surface area (Å²) in [6, 6.07) is 8.00. The van der Waals surface area contributed by atoms with E-state index in [-0.39, 0.29) is 0 Å². The smallest absolute Gasteiger partial charge is 0.107 e. The van der Waals surface area contributed by atoms with E-state index in [2.05, 4.69) is 12.2 Å². The molecule has 0 fully saturated rings. The summed E-state index contributed by atoms with van der Waals surface area (Å²) in [5.74, 6) is 0.789. The van der Waals surface area contributed by atoms with Gasteiger partial charge in [-0.25, -0.2) is 4.98 Å². The number of rotatable bonds is 5. The molecule has 22 heavy (non-hydrogen) atoms. The molecule has 2 unspecified atom stereocenters. The van der Waals surface area contributed by atoms with Crippen LogP contribution in [0.2, 0.25) is 0 Å². The SMILES string of the molecule is Cc1ccccc1C(O)CNCc1nc2c(s1)CC(C)CC2. The number of aliphatic hydroxyl groups is 1. The van der Waals surface area contributed by atoms with Crippen LogP contribution < -0.4 is 5.32 Å². The number of benzene rings is 1. The van der Waals surface area contributed by atoms with Gasteiger partial charge in [0.2, 0.25) is 0 Å². The largest absolute Gasteiger partial charge is 0.387 e. The molecule has 118 valence electrons. The lowest BCUT2D eigenvalue weighted by molar-refractivity contribution is 0.173. The molecule has 4 heteroatoms. The van der Waals surface area contributed by atoms with Crippen LogP contribution in [0.3, 0.4) is 0 Å². The van der Waals surface area contributed by atoms with E-state index >= 15 is 0 Å². The number of hydrogen-bond acceptors (Lipinski definition) is 4. The Bertz CT molecular complexity index is 638. The minimum atomic E-state index is -0.462. The van der Waals surface area contributed by atoms with Gasteiger partial charge in [0.15, 0.2) is 0 Å². The lowest BCUT2D eigenvalue weighted by Gasteiger charge is -2.15. The lowest BCUT2D eigenvalue weighted by atomic mass is 9.93. The Morgan fingerprint density at radius 3 is 3.05 bits per heavy atom. The van der Waals surface area contributed by atoms with E-state index < -0.39 is 6.10 Å². The number of aromatic nitrogens is 1. The number of nitrogens with zero attached hydrogens (tertiary/aromatic N) is 1. The number of fused-ring (bicyclic) bond motifs is 1. The normalized spacial score (nSPS) is 19.0. The van der Waals surface area contributed by atoms with Crippen molar-refractivity contribution in [1.82, 2.24) is 10.3 Å². The van der Waals surface area contributed by atoms with E-state index in [1.54, 1.807) is 0 Å². The molecule has 1 heterocycles. The molecule has 0 saturated heterocycles. The first-order valence-electron chi connectivity index (χ1n) is 8.05. The predicted molar refractivity (Wildman–Crippen MR) is 91.1 cm³/mol. The van der Waals surface area contributed by atoms with Gasteiger partial charge in [-0.05, 0) is 43.2 Å². The van der Waals surface area contributed by atoms with Crippen LogP contribution in [-0.2, 0) is 19.4 Å². The number of aryl methyl sites for hydroxylation is 2. The third-order valence-electron chi connectivity index (χ3n) is 4.39. The van der Waals surface area contributed by atoms with Crippen molar-refractivity contribution < 1.29 is 5.11 Å². The molecule has 3 rings (SSSR count). The monoisotopic (exact) mass is 316 g/mol. The maximum absolute atomic E-state index is 10.3. The van der Waals surface area contributed by atoms with E-state index in [4.69, 9.17) is 4.98 Å². The van der Waals surface area contributed by atoms with E-state index in [0.717, 1.165) is 35.0 Å². The highest BCUT2D eigenvalue weighted by molar-refractivity contribution is 7.11. The molecular weight excluding hydrogens is 292 g/mol. The van der Waals surface area contributed by atoms with Crippen LogP contribution in [0.15, 0.2) is 24.3 Å². The summed E-state index contributed by atoms with van der Waals surface area (Å²) < 4.78 is 0. The van der Waals surface area contributed by atoms with Gasteiger partial charge in [0.1, 0.15) is 5.01 Å². The topological polar surface area (TPSA) is 45.1 Å². The molecule has 1 aliphatic rings. The first kappa shape index (κ1) is 15.7. The summed E-state index contributed by atoms with van der Waals surface area (Å²) in [4.78, 5) is 6.21. The zero-order valence-corrected chi connectivity index (χ0v) is 14.1. The van der Waals surface area contributed by atoms with Gasteiger partial charge in [-0.15, -0.1) is 11.3 Å². The quantitative estimate of drug-likeness (QED) is 0.888. The molecule has 0 bridgehead atoms. The summed E-state index contributed by atoms with van der Waals surface area (Å²) in [6.07, 6.45) is 3.10.